The predicted octanol–water partition coefficient (Wildman–Crippen LogP) is 3.05. The lowest BCUT2D eigenvalue weighted by Gasteiger charge is -2.37. The summed E-state index contributed by atoms with van der Waals surface area (Å²) in [5.41, 5.74) is 1.58. The molecule has 80 valence electrons. The molecule has 1 aliphatic heterocycles. The van der Waals surface area contributed by atoms with E-state index in [1.54, 1.807) is 0 Å². The van der Waals surface area contributed by atoms with Gasteiger partial charge >= 0.3 is 0 Å². The van der Waals surface area contributed by atoms with Crippen molar-refractivity contribution in [1.82, 2.24) is 10.2 Å². The lowest BCUT2D eigenvalue weighted by Crippen LogP contribution is -2.38. The Balaban J connectivity index is 2.89. The van der Waals surface area contributed by atoms with Crippen molar-refractivity contribution in [3.05, 3.63) is 24.3 Å². The monoisotopic (exact) mass is 194 g/mol. The molecule has 0 bridgehead atoms. The van der Waals surface area contributed by atoms with Crippen molar-refractivity contribution in [2.45, 2.75) is 47.1 Å². The molecule has 0 radical (unpaired) electrons. The molecule has 0 aromatic carbocycles. The van der Waals surface area contributed by atoms with Crippen molar-refractivity contribution >= 4 is 0 Å². The van der Waals surface area contributed by atoms with Crippen LogP contribution in [0.15, 0.2) is 24.3 Å². The summed E-state index contributed by atoms with van der Waals surface area (Å²) in [6.07, 6.45) is 6.28. The maximum Gasteiger partial charge on any atom is 0.0366 e. The van der Waals surface area contributed by atoms with Gasteiger partial charge < -0.3 is 10.2 Å². The Morgan fingerprint density at radius 1 is 1.07 bits per heavy atom. The summed E-state index contributed by atoms with van der Waals surface area (Å²) in [4.78, 5) is 2.24. The first-order valence-corrected chi connectivity index (χ1v) is 5.15. The Labute approximate surface area is 87.7 Å². The molecule has 2 heteroatoms. The third-order valence-corrected chi connectivity index (χ3v) is 2.32. The maximum atomic E-state index is 3.30. The average Bonchev–Trinajstić information content (AvgIpc) is 2.01. The average molecular weight is 194 g/mol. The molecule has 1 rings (SSSR count). The van der Waals surface area contributed by atoms with Crippen molar-refractivity contribution in [3.63, 3.8) is 0 Å². The minimum atomic E-state index is 0.148. The Morgan fingerprint density at radius 3 is 2.07 bits per heavy atom. The van der Waals surface area contributed by atoms with Gasteiger partial charge in [-0.05, 0) is 20.8 Å². The summed E-state index contributed by atoms with van der Waals surface area (Å²) >= 11 is 0. The van der Waals surface area contributed by atoms with Crippen molar-refractivity contribution < 1.29 is 0 Å². The van der Waals surface area contributed by atoms with Crippen LogP contribution in [0.25, 0.3) is 0 Å². The van der Waals surface area contributed by atoms with Crippen LogP contribution in [-0.2, 0) is 0 Å². The summed E-state index contributed by atoms with van der Waals surface area (Å²) in [5, 5.41) is 3.30. The SMILES string of the molecule is CC(C)(C)C1=CN(C(C)(C)C)C=CN1. The van der Waals surface area contributed by atoms with E-state index >= 15 is 0 Å². The molecule has 0 spiro atoms. The first-order chi connectivity index (χ1) is 6.21. The van der Waals surface area contributed by atoms with Gasteiger partial charge in [-0.15, -0.1) is 0 Å². The zero-order valence-corrected chi connectivity index (χ0v) is 10.2. The molecule has 0 unspecified atom stereocenters. The highest BCUT2D eigenvalue weighted by Crippen LogP contribution is 2.27. The van der Waals surface area contributed by atoms with Gasteiger partial charge in [0.1, 0.15) is 0 Å². The highest BCUT2D eigenvalue weighted by Gasteiger charge is 2.23. The molecule has 0 atom stereocenters. The van der Waals surface area contributed by atoms with E-state index in [1.165, 1.54) is 5.70 Å². The van der Waals surface area contributed by atoms with Crippen LogP contribution in [-0.4, -0.2) is 10.4 Å². The van der Waals surface area contributed by atoms with Crippen LogP contribution < -0.4 is 5.32 Å². The first-order valence-electron chi connectivity index (χ1n) is 5.15. The molecule has 0 aromatic rings. The molecule has 0 saturated carbocycles. The predicted molar refractivity (Wildman–Crippen MR) is 61.4 cm³/mol. The number of nitrogens with one attached hydrogen (secondary N) is 1. The number of allylic oxidation sites excluding steroid dienone is 1. The number of nitrogens with zero attached hydrogens (tertiary/aromatic N) is 1. The minimum Gasteiger partial charge on any atom is -0.362 e. The van der Waals surface area contributed by atoms with Crippen LogP contribution in [0.5, 0.6) is 0 Å². The first kappa shape index (κ1) is 11.2. The van der Waals surface area contributed by atoms with Crippen molar-refractivity contribution in [2.24, 2.45) is 5.41 Å². The fourth-order valence-corrected chi connectivity index (χ4v) is 1.25. The second-order valence-electron chi connectivity index (χ2n) is 5.83. The molecule has 1 aliphatic rings. The minimum absolute atomic E-state index is 0.148. The third kappa shape index (κ3) is 2.53. The largest absolute Gasteiger partial charge is 0.362 e. The molecule has 14 heavy (non-hydrogen) atoms. The standard InChI is InChI=1S/C12H22N2/c1-11(2,3)10-9-14(8-7-13-10)12(4,5)6/h7-9,13H,1-6H3. The van der Waals surface area contributed by atoms with E-state index in [4.69, 9.17) is 0 Å². The van der Waals surface area contributed by atoms with Gasteiger partial charge in [-0.25, -0.2) is 0 Å². The molecule has 0 fully saturated rings. The number of hydrogen-bond acceptors (Lipinski definition) is 2. The third-order valence-electron chi connectivity index (χ3n) is 2.32. The van der Waals surface area contributed by atoms with E-state index in [9.17, 15) is 0 Å². The van der Waals surface area contributed by atoms with E-state index in [0.29, 0.717) is 0 Å². The van der Waals surface area contributed by atoms with E-state index in [1.807, 2.05) is 6.20 Å². The van der Waals surface area contributed by atoms with E-state index in [-0.39, 0.29) is 11.0 Å². The maximum absolute atomic E-state index is 3.30. The Bertz CT molecular complexity index is 261. The lowest BCUT2D eigenvalue weighted by atomic mass is 9.91. The molecular weight excluding hydrogens is 172 g/mol. The fraction of sp³-hybridized carbons (Fsp3) is 0.667. The van der Waals surface area contributed by atoms with Gasteiger partial charge in [-0.2, -0.15) is 0 Å². The summed E-state index contributed by atoms with van der Waals surface area (Å²) in [7, 11) is 0. The highest BCUT2D eigenvalue weighted by molar-refractivity contribution is 5.17. The van der Waals surface area contributed by atoms with Gasteiger partial charge in [0.25, 0.3) is 0 Å². The van der Waals surface area contributed by atoms with Crippen LogP contribution in [0.1, 0.15) is 41.5 Å². The second-order valence-corrected chi connectivity index (χ2v) is 5.83. The van der Waals surface area contributed by atoms with Gasteiger partial charge in [0.2, 0.25) is 0 Å². The van der Waals surface area contributed by atoms with Gasteiger partial charge in [-0.3, -0.25) is 0 Å². The molecule has 0 aliphatic carbocycles. The van der Waals surface area contributed by atoms with E-state index < -0.39 is 0 Å². The topological polar surface area (TPSA) is 15.3 Å². The van der Waals surface area contributed by atoms with Crippen LogP contribution in [0.3, 0.4) is 0 Å². The summed E-state index contributed by atoms with van der Waals surface area (Å²) < 4.78 is 0. The van der Waals surface area contributed by atoms with Crippen molar-refractivity contribution in [1.29, 1.82) is 0 Å². The molecule has 1 heterocycles. The molecule has 0 aromatic heterocycles. The van der Waals surface area contributed by atoms with E-state index in [0.717, 1.165) is 0 Å². The van der Waals surface area contributed by atoms with Crippen LogP contribution in [0, 0.1) is 5.41 Å². The van der Waals surface area contributed by atoms with Crippen molar-refractivity contribution in [2.75, 3.05) is 0 Å². The Morgan fingerprint density at radius 2 is 1.64 bits per heavy atom. The highest BCUT2D eigenvalue weighted by atomic mass is 15.2. The fourth-order valence-electron chi connectivity index (χ4n) is 1.25. The van der Waals surface area contributed by atoms with Crippen LogP contribution >= 0.6 is 0 Å². The van der Waals surface area contributed by atoms with Crippen LogP contribution in [0.2, 0.25) is 0 Å². The van der Waals surface area contributed by atoms with Crippen molar-refractivity contribution in [3.8, 4) is 0 Å². The smallest absolute Gasteiger partial charge is 0.0366 e. The zero-order chi connectivity index (χ0) is 11.0. The quantitative estimate of drug-likeness (QED) is 0.637. The Kier molecular flexibility index (Phi) is 2.66. The molecule has 0 amide bonds. The second kappa shape index (κ2) is 3.34. The van der Waals surface area contributed by atoms with Gasteiger partial charge in [0.15, 0.2) is 0 Å². The summed E-state index contributed by atoms with van der Waals surface area (Å²) in [5.74, 6) is 0. The molecule has 1 N–H and O–H groups in total. The Hall–Kier alpha value is -0.920. The summed E-state index contributed by atoms with van der Waals surface area (Å²) in [6, 6.07) is 0. The van der Waals surface area contributed by atoms with Gasteiger partial charge in [-0.1, -0.05) is 20.8 Å². The molecule has 2 nitrogen and oxygen atoms in total. The van der Waals surface area contributed by atoms with Gasteiger partial charge in [0.05, 0.1) is 0 Å². The van der Waals surface area contributed by atoms with Crippen LogP contribution in [0.4, 0.5) is 0 Å². The summed E-state index contributed by atoms with van der Waals surface area (Å²) in [6.45, 7) is 13.3. The number of hydrogen-bond donors (Lipinski definition) is 1. The number of rotatable bonds is 0. The lowest BCUT2D eigenvalue weighted by molar-refractivity contribution is 0.265. The van der Waals surface area contributed by atoms with E-state index in [2.05, 4.69) is 64.2 Å². The molecular formula is C12H22N2. The normalized spacial score (nSPS) is 17.9. The molecule has 0 saturated heterocycles. The zero-order valence-electron chi connectivity index (χ0n) is 10.2. The van der Waals surface area contributed by atoms with Gasteiger partial charge in [0, 0.05) is 35.3 Å².